The van der Waals surface area contributed by atoms with Gasteiger partial charge in [0.2, 0.25) is 5.91 Å². The SMILES string of the molecule is O=C(NC1CCCCCCC1)[C@@H]1CCCN(C(=O)c2cc(-c3ccccn3)n[nH]2)C1. The summed E-state index contributed by atoms with van der Waals surface area (Å²) in [5.74, 6) is -0.128. The van der Waals surface area contributed by atoms with Gasteiger partial charge in [0.25, 0.3) is 5.91 Å². The number of nitrogens with zero attached hydrogens (tertiary/aromatic N) is 3. The highest BCUT2D eigenvalue weighted by atomic mass is 16.2. The average molecular weight is 410 g/mol. The van der Waals surface area contributed by atoms with Gasteiger partial charge >= 0.3 is 0 Å². The Hall–Kier alpha value is -2.70. The first-order valence-electron chi connectivity index (χ1n) is 11.3. The summed E-state index contributed by atoms with van der Waals surface area (Å²) in [7, 11) is 0. The first kappa shape index (κ1) is 20.6. The quantitative estimate of drug-likeness (QED) is 0.808. The van der Waals surface area contributed by atoms with Gasteiger partial charge in [0, 0.05) is 25.3 Å². The lowest BCUT2D eigenvalue weighted by Gasteiger charge is -2.33. The fourth-order valence-electron chi connectivity index (χ4n) is 4.54. The number of nitrogens with one attached hydrogen (secondary N) is 2. The molecule has 0 unspecified atom stereocenters. The number of aromatic amines is 1. The van der Waals surface area contributed by atoms with Crippen LogP contribution < -0.4 is 5.32 Å². The zero-order valence-electron chi connectivity index (χ0n) is 17.5. The molecule has 1 atom stereocenters. The van der Waals surface area contributed by atoms with Crippen molar-refractivity contribution in [2.45, 2.75) is 63.8 Å². The second-order valence-corrected chi connectivity index (χ2v) is 8.52. The number of rotatable bonds is 4. The Bertz CT molecular complexity index is 842. The van der Waals surface area contributed by atoms with E-state index >= 15 is 0 Å². The highest BCUT2D eigenvalue weighted by molar-refractivity contribution is 5.93. The molecule has 2 aromatic heterocycles. The van der Waals surface area contributed by atoms with E-state index in [4.69, 9.17) is 0 Å². The summed E-state index contributed by atoms with van der Waals surface area (Å²) in [5, 5.41) is 10.4. The van der Waals surface area contributed by atoms with Crippen LogP contribution in [0.1, 0.15) is 68.3 Å². The van der Waals surface area contributed by atoms with Crippen LogP contribution in [0.25, 0.3) is 11.4 Å². The van der Waals surface area contributed by atoms with Gasteiger partial charge in [-0.3, -0.25) is 19.7 Å². The summed E-state index contributed by atoms with van der Waals surface area (Å²) in [6.07, 6.45) is 11.8. The van der Waals surface area contributed by atoms with E-state index in [9.17, 15) is 9.59 Å². The van der Waals surface area contributed by atoms with Crippen molar-refractivity contribution in [1.29, 1.82) is 0 Å². The zero-order valence-corrected chi connectivity index (χ0v) is 17.5. The lowest BCUT2D eigenvalue weighted by Crippen LogP contribution is -2.47. The number of carbonyl (C=O) groups is 2. The van der Waals surface area contributed by atoms with Crippen LogP contribution in [0.4, 0.5) is 0 Å². The Kier molecular flexibility index (Phi) is 6.77. The summed E-state index contributed by atoms with van der Waals surface area (Å²) in [6.45, 7) is 1.14. The summed E-state index contributed by atoms with van der Waals surface area (Å²) in [5.41, 5.74) is 1.81. The van der Waals surface area contributed by atoms with Gasteiger partial charge in [-0.15, -0.1) is 0 Å². The molecule has 1 saturated heterocycles. The normalized spacial score (nSPS) is 20.9. The molecule has 1 aliphatic carbocycles. The molecule has 2 aliphatic rings. The maximum absolute atomic E-state index is 13.0. The number of carbonyl (C=O) groups excluding carboxylic acids is 2. The van der Waals surface area contributed by atoms with Crippen molar-refractivity contribution < 1.29 is 9.59 Å². The standard InChI is InChI=1S/C23H31N5O2/c29-22(25-18-10-4-2-1-3-5-11-18)17-9-8-14-28(16-17)23(30)21-15-20(26-27-21)19-12-6-7-13-24-19/h6-7,12-13,15,17-18H,1-5,8-11,14,16H2,(H,25,29)(H,26,27)/t17-/m1/s1. The van der Waals surface area contributed by atoms with Gasteiger partial charge in [0.15, 0.2) is 0 Å². The number of aromatic nitrogens is 3. The number of piperidine rings is 1. The maximum Gasteiger partial charge on any atom is 0.271 e. The van der Waals surface area contributed by atoms with Gasteiger partial charge in [-0.2, -0.15) is 5.10 Å². The van der Waals surface area contributed by atoms with Crippen LogP contribution in [0.3, 0.4) is 0 Å². The lowest BCUT2D eigenvalue weighted by atomic mass is 9.93. The van der Waals surface area contributed by atoms with Crippen LogP contribution in [0.5, 0.6) is 0 Å². The van der Waals surface area contributed by atoms with E-state index in [0.717, 1.165) is 31.4 Å². The molecule has 1 saturated carbocycles. The first-order valence-corrected chi connectivity index (χ1v) is 11.3. The van der Waals surface area contributed by atoms with Gasteiger partial charge in [-0.1, -0.05) is 38.2 Å². The number of pyridine rings is 1. The molecule has 160 valence electrons. The molecule has 3 heterocycles. The zero-order chi connectivity index (χ0) is 20.8. The Morgan fingerprint density at radius 3 is 2.57 bits per heavy atom. The third-order valence-corrected chi connectivity index (χ3v) is 6.27. The van der Waals surface area contributed by atoms with Crippen LogP contribution in [-0.2, 0) is 4.79 Å². The third-order valence-electron chi connectivity index (χ3n) is 6.27. The molecule has 2 amide bonds. The minimum absolute atomic E-state index is 0.104. The van der Waals surface area contributed by atoms with E-state index in [1.165, 1.54) is 32.1 Å². The Morgan fingerprint density at radius 2 is 1.80 bits per heavy atom. The second-order valence-electron chi connectivity index (χ2n) is 8.52. The number of likely N-dealkylation sites (tertiary alicyclic amines) is 1. The molecule has 0 bridgehead atoms. The molecule has 30 heavy (non-hydrogen) atoms. The summed E-state index contributed by atoms with van der Waals surface area (Å²) in [4.78, 5) is 31.9. The molecule has 0 radical (unpaired) electrons. The topological polar surface area (TPSA) is 91.0 Å². The van der Waals surface area contributed by atoms with Gasteiger partial charge in [-0.05, 0) is 43.9 Å². The minimum Gasteiger partial charge on any atom is -0.353 e. The second kappa shape index (κ2) is 9.87. The van der Waals surface area contributed by atoms with Crippen molar-refractivity contribution in [3.63, 3.8) is 0 Å². The largest absolute Gasteiger partial charge is 0.353 e. The Balaban J connectivity index is 1.35. The van der Waals surface area contributed by atoms with E-state index < -0.39 is 0 Å². The van der Waals surface area contributed by atoms with Gasteiger partial charge < -0.3 is 10.2 Å². The van der Waals surface area contributed by atoms with Crippen LogP contribution in [0.15, 0.2) is 30.5 Å². The molecular weight excluding hydrogens is 378 g/mol. The predicted molar refractivity (Wildman–Crippen MR) is 115 cm³/mol. The molecule has 7 nitrogen and oxygen atoms in total. The number of hydrogen-bond donors (Lipinski definition) is 2. The van der Waals surface area contributed by atoms with E-state index in [1.54, 1.807) is 17.2 Å². The summed E-state index contributed by atoms with van der Waals surface area (Å²) >= 11 is 0. The molecule has 1 aliphatic heterocycles. The fraction of sp³-hybridized carbons (Fsp3) is 0.565. The van der Waals surface area contributed by atoms with Crippen LogP contribution in [0.2, 0.25) is 0 Å². The monoisotopic (exact) mass is 409 g/mol. The van der Waals surface area contributed by atoms with Crippen LogP contribution in [0, 0.1) is 5.92 Å². The van der Waals surface area contributed by atoms with Crippen molar-refractivity contribution in [3.05, 3.63) is 36.2 Å². The third kappa shape index (κ3) is 5.07. The van der Waals surface area contributed by atoms with Crippen LogP contribution in [-0.4, -0.2) is 51.0 Å². The highest BCUT2D eigenvalue weighted by Crippen LogP contribution is 2.22. The average Bonchev–Trinajstić information content (AvgIpc) is 3.26. The van der Waals surface area contributed by atoms with Crippen molar-refractivity contribution in [1.82, 2.24) is 25.4 Å². The van der Waals surface area contributed by atoms with E-state index in [0.29, 0.717) is 24.5 Å². The molecule has 2 aromatic rings. The van der Waals surface area contributed by atoms with Gasteiger partial charge in [0.1, 0.15) is 11.4 Å². The fourth-order valence-corrected chi connectivity index (χ4v) is 4.54. The van der Waals surface area contributed by atoms with E-state index in [2.05, 4.69) is 20.5 Å². The van der Waals surface area contributed by atoms with Gasteiger partial charge in [0.05, 0.1) is 11.6 Å². The molecule has 2 N–H and O–H groups in total. The van der Waals surface area contributed by atoms with Crippen molar-refractivity contribution >= 4 is 11.8 Å². The molecule has 2 fully saturated rings. The smallest absolute Gasteiger partial charge is 0.271 e. The first-order chi connectivity index (χ1) is 14.7. The lowest BCUT2D eigenvalue weighted by molar-refractivity contribution is -0.127. The Morgan fingerprint density at radius 1 is 1.00 bits per heavy atom. The number of amides is 2. The van der Waals surface area contributed by atoms with E-state index in [-0.39, 0.29) is 23.8 Å². The summed E-state index contributed by atoms with van der Waals surface area (Å²) < 4.78 is 0. The minimum atomic E-state index is -0.133. The Labute approximate surface area is 177 Å². The number of H-pyrrole nitrogens is 1. The van der Waals surface area contributed by atoms with Crippen LogP contribution >= 0.6 is 0 Å². The molecule has 7 heteroatoms. The maximum atomic E-state index is 13.0. The molecule has 0 aromatic carbocycles. The number of hydrogen-bond acceptors (Lipinski definition) is 4. The van der Waals surface area contributed by atoms with Crippen molar-refractivity contribution in [2.75, 3.05) is 13.1 Å². The van der Waals surface area contributed by atoms with Gasteiger partial charge in [-0.25, -0.2) is 0 Å². The van der Waals surface area contributed by atoms with Crippen molar-refractivity contribution in [2.24, 2.45) is 5.92 Å². The molecule has 4 rings (SSSR count). The van der Waals surface area contributed by atoms with Crippen molar-refractivity contribution in [3.8, 4) is 11.4 Å². The molecule has 0 spiro atoms. The predicted octanol–water partition coefficient (Wildman–Crippen LogP) is 3.55. The van der Waals surface area contributed by atoms with E-state index in [1.807, 2.05) is 18.2 Å². The molecular formula is C23H31N5O2. The summed E-state index contributed by atoms with van der Waals surface area (Å²) in [6, 6.07) is 7.63. The highest BCUT2D eigenvalue weighted by Gasteiger charge is 2.30.